The maximum atomic E-state index is 13.8. The fraction of sp³-hybridized carbons (Fsp3) is 0.250. The number of nitrogens with one attached hydrogen (secondary N) is 1. The summed E-state index contributed by atoms with van der Waals surface area (Å²) in [6.45, 7) is 3.59. The van der Waals surface area contributed by atoms with Gasteiger partial charge in [0.15, 0.2) is 5.82 Å². The van der Waals surface area contributed by atoms with E-state index in [-0.39, 0.29) is 5.82 Å². The fourth-order valence-electron chi connectivity index (χ4n) is 3.18. The van der Waals surface area contributed by atoms with Crippen molar-refractivity contribution < 1.29 is 4.39 Å². The molecule has 4 rings (SSSR count). The van der Waals surface area contributed by atoms with E-state index in [2.05, 4.69) is 36.4 Å². The average molecular weight is 399 g/mol. The first-order valence-electron chi connectivity index (χ1n) is 9.11. The monoisotopic (exact) mass is 398 g/mol. The highest BCUT2D eigenvalue weighted by Gasteiger charge is 2.20. The number of halogens is 2. The molecule has 0 aliphatic carbocycles. The van der Waals surface area contributed by atoms with Crippen LogP contribution in [0.3, 0.4) is 0 Å². The summed E-state index contributed by atoms with van der Waals surface area (Å²) in [5.41, 5.74) is 1.70. The van der Waals surface area contributed by atoms with Crippen molar-refractivity contribution in [3.63, 3.8) is 0 Å². The molecule has 0 unspecified atom stereocenters. The average Bonchev–Trinajstić information content (AvgIpc) is 2.73. The predicted molar refractivity (Wildman–Crippen MR) is 109 cm³/mol. The van der Waals surface area contributed by atoms with Gasteiger partial charge in [-0.25, -0.2) is 4.39 Å². The number of rotatable bonds is 5. The number of anilines is 3. The second-order valence-corrected chi connectivity index (χ2v) is 6.98. The van der Waals surface area contributed by atoms with E-state index in [1.54, 1.807) is 18.3 Å². The first-order chi connectivity index (χ1) is 13.7. The summed E-state index contributed by atoms with van der Waals surface area (Å²) in [5.74, 6) is 0.907. The van der Waals surface area contributed by atoms with Gasteiger partial charge in [0.05, 0.1) is 6.20 Å². The maximum Gasteiger partial charge on any atom is 0.247 e. The number of benzene rings is 2. The van der Waals surface area contributed by atoms with Gasteiger partial charge in [-0.2, -0.15) is 10.1 Å². The van der Waals surface area contributed by atoms with E-state index >= 15 is 0 Å². The molecule has 1 N–H and O–H groups in total. The first kappa shape index (κ1) is 18.4. The van der Waals surface area contributed by atoms with Crippen LogP contribution in [0.4, 0.5) is 21.8 Å². The van der Waals surface area contributed by atoms with E-state index < -0.39 is 0 Å². The van der Waals surface area contributed by atoms with Gasteiger partial charge in [-0.1, -0.05) is 35.9 Å². The van der Waals surface area contributed by atoms with Gasteiger partial charge >= 0.3 is 0 Å². The summed E-state index contributed by atoms with van der Waals surface area (Å²) in [6.07, 6.45) is 1.55. The Bertz CT molecular complexity index is 945. The van der Waals surface area contributed by atoms with E-state index in [9.17, 15) is 4.39 Å². The SMILES string of the molecule is Fc1ccccc1CNc1cnnc(N2CCN(c3cccc(Cl)c3)CC2)n1. The van der Waals surface area contributed by atoms with E-state index in [0.717, 1.165) is 36.9 Å². The molecule has 28 heavy (non-hydrogen) atoms. The minimum Gasteiger partial charge on any atom is -0.368 e. The molecule has 0 atom stereocenters. The maximum absolute atomic E-state index is 13.8. The summed E-state index contributed by atoms with van der Waals surface area (Å²) in [4.78, 5) is 8.92. The van der Waals surface area contributed by atoms with Crippen molar-refractivity contribution in [1.29, 1.82) is 0 Å². The van der Waals surface area contributed by atoms with Crippen LogP contribution in [0.15, 0.2) is 54.7 Å². The Morgan fingerprint density at radius 1 is 1.00 bits per heavy atom. The molecule has 1 aromatic heterocycles. The molecule has 0 saturated carbocycles. The number of nitrogens with zero attached hydrogens (tertiary/aromatic N) is 5. The lowest BCUT2D eigenvalue weighted by molar-refractivity contribution is 0.612. The Kier molecular flexibility index (Phi) is 5.53. The Hall–Kier alpha value is -2.93. The zero-order valence-electron chi connectivity index (χ0n) is 15.2. The lowest BCUT2D eigenvalue weighted by atomic mass is 10.2. The molecule has 1 aliphatic heterocycles. The zero-order valence-corrected chi connectivity index (χ0v) is 16.0. The van der Waals surface area contributed by atoms with Crippen molar-refractivity contribution in [3.8, 4) is 0 Å². The minimum atomic E-state index is -0.241. The van der Waals surface area contributed by atoms with Gasteiger partial charge in [-0.3, -0.25) is 0 Å². The van der Waals surface area contributed by atoms with E-state index in [4.69, 9.17) is 11.6 Å². The molecule has 1 aliphatic rings. The molecule has 2 aromatic carbocycles. The van der Waals surface area contributed by atoms with Crippen molar-refractivity contribution in [1.82, 2.24) is 15.2 Å². The molecule has 1 saturated heterocycles. The number of hydrogen-bond acceptors (Lipinski definition) is 6. The molecule has 0 spiro atoms. The third-order valence-electron chi connectivity index (χ3n) is 4.70. The van der Waals surface area contributed by atoms with Crippen LogP contribution >= 0.6 is 11.6 Å². The Morgan fingerprint density at radius 3 is 2.57 bits per heavy atom. The first-order valence-corrected chi connectivity index (χ1v) is 9.49. The van der Waals surface area contributed by atoms with Crippen LogP contribution in [-0.2, 0) is 6.54 Å². The fourth-order valence-corrected chi connectivity index (χ4v) is 3.36. The molecular formula is C20H20ClFN6. The Labute approximate surface area is 168 Å². The molecule has 8 heteroatoms. The molecule has 0 amide bonds. The van der Waals surface area contributed by atoms with Gasteiger partial charge in [-0.15, -0.1) is 5.10 Å². The highest BCUT2D eigenvalue weighted by Crippen LogP contribution is 2.22. The van der Waals surface area contributed by atoms with E-state index in [0.29, 0.717) is 23.9 Å². The molecule has 1 fully saturated rings. The van der Waals surface area contributed by atoms with Crippen molar-refractivity contribution in [3.05, 3.63) is 71.1 Å². The zero-order chi connectivity index (χ0) is 19.3. The second kappa shape index (κ2) is 8.39. The number of piperazine rings is 1. The quantitative estimate of drug-likeness (QED) is 0.708. The van der Waals surface area contributed by atoms with Crippen molar-refractivity contribution in [2.24, 2.45) is 0 Å². The standard InChI is InChI=1S/C20H20ClFN6/c21-16-5-3-6-17(12-16)27-8-10-28(11-9-27)20-25-19(14-24-26-20)23-13-15-4-1-2-7-18(15)22/h1-7,12,14H,8-11,13H2,(H,23,25,26). The van der Waals surface area contributed by atoms with Crippen LogP contribution in [0.1, 0.15) is 5.56 Å². The summed E-state index contributed by atoms with van der Waals surface area (Å²) in [6, 6.07) is 14.5. The van der Waals surface area contributed by atoms with Crippen molar-refractivity contribution in [2.45, 2.75) is 6.54 Å². The summed E-state index contributed by atoms with van der Waals surface area (Å²) in [5, 5.41) is 12.1. The van der Waals surface area contributed by atoms with Crippen molar-refractivity contribution in [2.75, 3.05) is 41.3 Å². The smallest absolute Gasteiger partial charge is 0.247 e. The van der Waals surface area contributed by atoms with Gasteiger partial charge < -0.3 is 15.1 Å². The highest BCUT2D eigenvalue weighted by atomic mass is 35.5. The van der Waals surface area contributed by atoms with Crippen LogP contribution in [0, 0.1) is 5.82 Å². The lowest BCUT2D eigenvalue weighted by Crippen LogP contribution is -2.47. The molecule has 0 radical (unpaired) electrons. The van der Waals surface area contributed by atoms with Crippen LogP contribution in [0.25, 0.3) is 0 Å². The van der Waals surface area contributed by atoms with Crippen LogP contribution < -0.4 is 15.1 Å². The van der Waals surface area contributed by atoms with Gasteiger partial charge in [0.25, 0.3) is 0 Å². The predicted octanol–water partition coefficient (Wildman–Crippen LogP) is 3.60. The third kappa shape index (κ3) is 4.31. The van der Waals surface area contributed by atoms with E-state index in [1.165, 1.54) is 6.07 Å². The van der Waals surface area contributed by atoms with Gasteiger partial charge in [-0.05, 0) is 24.3 Å². The Balaban J connectivity index is 1.38. The largest absolute Gasteiger partial charge is 0.368 e. The topological polar surface area (TPSA) is 57.2 Å². The number of hydrogen-bond donors (Lipinski definition) is 1. The van der Waals surface area contributed by atoms with E-state index in [1.807, 2.05) is 24.3 Å². The number of aromatic nitrogens is 3. The normalized spacial score (nSPS) is 14.2. The Morgan fingerprint density at radius 2 is 1.79 bits per heavy atom. The highest BCUT2D eigenvalue weighted by molar-refractivity contribution is 6.30. The van der Waals surface area contributed by atoms with Gasteiger partial charge in [0.2, 0.25) is 5.95 Å². The second-order valence-electron chi connectivity index (χ2n) is 6.54. The molecule has 2 heterocycles. The molecule has 144 valence electrons. The molecule has 6 nitrogen and oxygen atoms in total. The third-order valence-corrected chi connectivity index (χ3v) is 4.94. The minimum absolute atomic E-state index is 0.241. The lowest BCUT2D eigenvalue weighted by Gasteiger charge is -2.36. The summed E-state index contributed by atoms with van der Waals surface area (Å²) >= 11 is 6.09. The molecule has 3 aromatic rings. The van der Waals surface area contributed by atoms with Gasteiger partial charge in [0.1, 0.15) is 5.82 Å². The molecular weight excluding hydrogens is 379 g/mol. The summed E-state index contributed by atoms with van der Waals surface area (Å²) < 4.78 is 13.8. The molecule has 0 bridgehead atoms. The van der Waals surface area contributed by atoms with Crippen LogP contribution in [0.5, 0.6) is 0 Å². The van der Waals surface area contributed by atoms with Crippen molar-refractivity contribution >= 4 is 29.1 Å². The summed E-state index contributed by atoms with van der Waals surface area (Å²) in [7, 11) is 0. The van der Waals surface area contributed by atoms with Gasteiger partial charge in [0, 0.05) is 49.0 Å². The van der Waals surface area contributed by atoms with Crippen LogP contribution in [-0.4, -0.2) is 41.4 Å². The van der Waals surface area contributed by atoms with Crippen LogP contribution in [0.2, 0.25) is 5.02 Å².